The maximum atomic E-state index is 10.5. The summed E-state index contributed by atoms with van der Waals surface area (Å²) in [5, 5.41) is 25.6. The average molecular weight is 480 g/mol. The lowest BCUT2D eigenvalue weighted by Gasteiger charge is -1.97. The summed E-state index contributed by atoms with van der Waals surface area (Å²) in [5.74, 6) is -0.676. The second kappa shape index (κ2) is 13.3. The Morgan fingerprint density at radius 1 is 0.903 bits per heavy atom. The molecule has 0 fully saturated rings. The second-order valence-electron chi connectivity index (χ2n) is 5.92. The van der Waals surface area contributed by atoms with Crippen LogP contribution in [0, 0.1) is 5.41 Å². The zero-order valence-electron chi connectivity index (χ0n) is 16.5. The van der Waals surface area contributed by atoms with Crippen LogP contribution >= 0.6 is 34.8 Å². The number of amides is 1. The van der Waals surface area contributed by atoms with Crippen LogP contribution in [0.3, 0.4) is 0 Å². The highest BCUT2D eigenvalue weighted by molar-refractivity contribution is 6.37. The molecule has 0 spiro atoms. The predicted molar refractivity (Wildman–Crippen MR) is 129 cm³/mol. The Kier molecular flexibility index (Phi) is 11.2. The minimum absolute atomic E-state index is 0.0548. The maximum Gasteiger partial charge on any atom is 0.248 e. The molecule has 0 aliphatic carbocycles. The van der Waals surface area contributed by atoms with E-state index in [9.17, 15) is 4.79 Å². The number of benzene rings is 3. The number of phenolic OH excluding ortho intramolecular Hbond substituents is 2. The molecule has 3 aromatic carbocycles. The number of allylic oxidation sites excluding steroid dienone is 1. The number of hydrogen-bond donors (Lipinski definition) is 4. The van der Waals surface area contributed by atoms with Gasteiger partial charge in [-0.15, -0.1) is 0 Å². The summed E-state index contributed by atoms with van der Waals surface area (Å²) in [6.45, 7) is 1.98. The normalized spacial score (nSPS) is 9.81. The molecule has 0 saturated carbocycles. The van der Waals surface area contributed by atoms with Crippen molar-refractivity contribution in [3.8, 4) is 11.5 Å². The van der Waals surface area contributed by atoms with Crippen molar-refractivity contribution in [1.29, 1.82) is 5.41 Å². The SMILES string of the molecule is C/C=C/c1cccc(C=N)c1.NC(=O)c1ccc(O)c(Cl)c1.Oc1c(Cl)cccc1Cl. The number of carbonyl (C=O) groups excluding carboxylic acids is 1. The molecule has 3 aromatic rings. The number of phenols is 2. The van der Waals surface area contributed by atoms with Crippen molar-refractivity contribution in [2.24, 2.45) is 5.73 Å². The third kappa shape index (κ3) is 9.13. The number of hydrogen-bond acceptors (Lipinski definition) is 4. The van der Waals surface area contributed by atoms with Crippen molar-refractivity contribution in [1.82, 2.24) is 0 Å². The fourth-order valence-corrected chi connectivity index (χ4v) is 2.67. The van der Waals surface area contributed by atoms with Crippen LogP contribution in [-0.4, -0.2) is 22.3 Å². The van der Waals surface area contributed by atoms with Crippen molar-refractivity contribution < 1.29 is 15.0 Å². The highest BCUT2D eigenvalue weighted by Gasteiger charge is 2.03. The smallest absolute Gasteiger partial charge is 0.248 e. The molecule has 0 saturated heterocycles. The molecule has 162 valence electrons. The first-order chi connectivity index (χ1) is 14.7. The molecule has 8 heteroatoms. The molecule has 0 radical (unpaired) electrons. The molecular weight excluding hydrogens is 459 g/mol. The number of carbonyl (C=O) groups is 1. The molecule has 0 bridgehead atoms. The molecule has 0 aliphatic heterocycles. The van der Waals surface area contributed by atoms with E-state index in [2.05, 4.69) is 0 Å². The van der Waals surface area contributed by atoms with E-state index in [0.717, 1.165) is 11.1 Å². The van der Waals surface area contributed by atoms with Gasteiger partial charge in [0.1, 0.15) is 5.75 Å². The van der Waals surface area contributed by atoms with Crippen molar-refractivity contribution in [3.05, 3.63) is 98.5 Å². The second-order valence-corrected chi connectivity index (χ2v) is 7.14. The number of primary amides is 1. The van der Waals surface area contributed by atoms with E-state index in [4.69, 9.17) is 56.2 Å². The van der Waals surface area contributed by atoms with Crippen LogP contribution in [0.5, 0.6) is 11.5 Å². The van der Waals surface area contributed by atoms with Gasteiger partial charge in [-0.3, -0.25) is 4.79 Å². The number of para-hydroxylation sites is 1. The van der Waals surface area contributed by atoms with Gasteiger partial charge in [-0.05, 0) is 54.4 Å². The first-order valence-electron chi connectivity index (χ1n) is 8.84. The molecule has 5 N–H and O–H groups in total. The summed E-state index contributed by atoms with van der Waals surface area (Å²) in [7, 11) is 0. The van der Waals surface area contributed by atoms with Gasteiger partial charge in [0.25, 0.3) is 0 Å². The fraction of sp³-hybridized carbons (Fsp3) is 0.0435. The molecule has 0 heterocycles. The maximum absolute atomic E-state index is 10.5. The first kappa shape index (κ1) is 26.0. The van der Waals surface area contributed by atoms with E-state index in [1.165, 1.54) is 24.4 Å². The van der Waals surface area contributed by atoms with Crippen LogP contribution in [0.1, 0.15) is 28.4 Å². The Balaban J connectivity index is 0.000000234. The predicted octanol–water partition coefficient (Wildman–Crippen LogP) is 6.56. The molecule has 3 rings (SSSR count). The van der Waals surface area contributed by atoms with Crippen LogP contribution in [0.25, 0.3) is 6.08 Å². The van der Waals surface area contributed by atoms with Gasteiger partial charge in [-0.2, -0.15) is 0 Å². The zero-order chi connectivity index (χ0) is 23.4. The molecule has 5 nitrogen and oxygen atoms in total. The zero-order valence-corrected chi connectivity index (χ0v) is 18.8. The number of rotatable bonds is 3. The Labute approximate surface area is 195 Å². The molecule has 0 atom stereocenters. The van der Waals surface area contributed by atoms with Gasteiger partial charge in [0.15, 0.2) is 5.75 Å². The monoisotopic (exact) mass is 478 g/mol. The summed E-state index contributed by atoms with van der Waals surface area (Å²) in [6, 6.07) is 16.7. The summed E-state index contributed by atoms with van der Waals surface area (Å²) in [6.07, 6.45) is 5.36. The topological polar surface area (TPSA) is 107 Å². The van der Waals surface area contributed by atoms with Crippen LogP contribution in [-0.2, 0) is 0 Å². The average Bonchev–Trinajstić information content (AvgIpc) is 2.75. The highest BCUT2D eigenvalue weighted by Crippen LogP contribution is 2.30. The molecular formula is C23H21Cl3N2O3. The summed E-state index contributed by atoms with van der Waals surface area (Å²) in [5.41, 5.74) is 7.33. The molecule has 0 aliphatic rings. The van der Waals surface area contributed by atoms with Crippen LogP contribution < -0.4 is 5.73 Å². The largest absolute Gasteiger partial charge is 0.506 e. The van der Waals surface area contributed by atoms with E-state index in [-0.39, 0.29) is 32.1 Å². The van der Waals surface area contributed by atoms with Crippen LogP contribution in [0.15, 0.2) is 66.7 Å². The Morgan fingerprint density at radius 2 is 1.48 bits per heavy atom. The Hall–Kier alpha value is -2.99. The summed E-state index contributed by atoms with van der Waals surface area (Å²) < 4.78 is 0. The minimum atomic E-state index is -0.563. The van der Waals surface area contributed by atoms with Gasteiger partial charge in [0.05, 0.1) is 15.1 Å². The van der Waals surface area contributed by atoms with Gasteiger partial charge >= 0.3 is 0 Å². The van der Waals surface area contributed by atoms with E-state index >= 15 is 0 Å². The van der Waals surface area contributed by atoms with Crippen LogP contribution in [0.4, 0.5) is 0 Å². The molecule has 0 unspecified atom stereocenters. The van der Waals surface area contributed by atoms with Gasteiger partial charge in [0, 0.05) is 11.8 Å². The molecule has 31 heavy (non-hydrogen) atoms. The van der Waals surface area contributed by atoms with Gasteiger partial charge in [-0.25, -0.2) is 0 Å². The quantitative estimate of drug-likeness (QED) is 0.319. The number of aromatic hydroxyl groups is 2. The summed E-state index contributed by atoms with van der Waals surface area (Å²) in [4.78, 5) is 10.5. The van der Waals surface area contributed by atoms with Crippen molar-refractivity contribution in [2.75, 3.05) is 0 Å². The van der Waals surface area contributed by atoms with Gasteiger partial charge < -0.3 is 21.4 Å². The summed E-state index contributed by atoms with van der Waals surface area (Å²) >= 11 is 16.5. The van der Waals surface area contributed by atoms with E-state index in [1.807, 2.05) is 43.3 Å². The van der Waals surface area contributed by atoms with Gasteiger partial charge in [-0.1, -0.05) is 71.2 Å². The lowest BCUT2D eigenvalue weighted by Crippen LogP contribution is -2.10. The number of nitrogens with one attached hydrogen (secondary N) is 1. The van der Waals surface area contributed by atoms with Crippen molar-refractivity contribution >= 4 is 53.0 Å². The minimum Gasteiger partial charge on any atom is -0.506 e. The standard InChI is InChI=1S/C10H11N.C7H6ClNO2.C6H4Cl2O/c1-2-4-9-5-3-6-10(7-9)8-11;8-5-3-4(7(9)11)1-2-6(5)10;7-4-2-1-3-5(8)6(4)9/h2-8,11H,1H3;1-3,10H,(H2,9,11);1-3,9H/b4-2+,11-8?;;. The Bertz CT molecular complexity index is 1050. The van der Waals surface area contributed by atoms with Crippen LogP contribution in [0.2, 0.25) is 15.1 Å². The van der Waals surface area contributed by atoms with Gasteiger partial charge in [0.2, 0.25) is 5.91 Å². The first-order valence-corrected chi connectivity index (χ1v) is 9.97. The molecule has 0 aromatic heterocycles. The third-order valence-electron chi connectivity index (χ3n) is 3.61. The lowest BCUT2D eigenvalue weighted by molar-refractivity contribution is 0.100. The van der Waals surface area contributed by atoms with E-state index < -0.39 is 5.91 Å². The number of nitrogens with two attached hydrogens (primary N) is 1. The fourth-order valence-electron chi connectivity index (χ4n) is 2.09. The lowest BCUT2D eigenvalue weighted by atomic mass is 10.1. The highest BCUT2D eigenvalue weighted by atomic mass is 35.5. The molecule has 1 amide bonds. The third-order valence-corrected chi connectivity index (χ3v) is 4.52. The number of halogens is 3. The Morgan fingerprint density at radius 3 is 1.97 bits per heavy atom. The van der Waals surface area contributed by atoms with Crippen molar-refractivity contribution in [2.45, 2.75) is 6.92 Å². The van der Waals surface area contributed by atoms with E-state index in [0.29, 0.717) is 0 Å². The van der Waals surface area contributed by atoms with Crippen molar-refractivity contribution in [3.63, 3.8) is 0 Å². The van der Waals surface area contributed by atoms with E-state index in [1.54, 1.807) is 18.2 Å².